The van der Waals surface area contributed by atoms with Crippen LogP contribution in [0.3, 0.4) is 0 Å². The highest BCUT2D eigenvalue weighted by molar-refractivity contribution is 7.07. The zero-order valence-electron chi connectivity index (χ0n) is 13.4. The second-order valence-corrected chi connectivity index (χ2v) is 6.67. The van der Waals surface area contributed by atoms with Gasteiger partial charge in [-0.3, -0.25) is 9.69 Å². The number of thiophene rings is 1. The quantitative estimate of drug-likeness (QED) is 0.845. The molecular formula is C18H22N2O2S. The van der Waals surface area contributed by atoms with Gasteiger partial charge in [0.2, 0.25) is 0 Å². The van der Waals surface area contributed by atoms with Gasteiger partial charge in [-0.25, -0.2) is 0 Å². The minimum absolute atomic E-state index is 0.0701. The molecular weight excluding hydrogens is 308 g/mol. The summed E-state index contributed by atoms with van der Waals surface area (Å²) in [7, 11) is 0. The second-order valence-electron chi connectivity index (χ2n) is 5.89. The maximum absolute atomic E-state index is 12.2. The molecule has 0 N–H and O–H groups in total. The molecule has 1 aromatic carbocycles. The molecule has 1 aromatic heterocycles. The second kappa shape index (κ2) is 7.62. The third kappa shape index (κ3) is 4.56. The highest BCUT2D eigenvalue weighted by atomic mass is 32.1. The highest BCUT2D eigenvalue weighted by Gasteiger charge is 2.21. The van der Waals surface area contributed by atoms with Crippen molar-refractivity contribution in [1.82, 2.24) is 9.80 Å². The van der Waals surface area contributed by atoms with Crippen molar-refractivity contribution in [2.45, 2.75) is 13.5 Å². The lowest BCUT2D eigenvalue weighted by atomic mass is 10.2. The van der Waals surface area contributed by atoms with Gasteiger partial charge in [0.05, 0.1) is 0 Å². The maximum Gasteiger partial charge on any atom is 0.260 e. The molecule has 2 aromatic rings. The third-order valence-electron chi connectivity index (χ3n) is 4.09. The molecule has 1 amide bonds. The number of amides is 1. The topological polar surface area (TPSA) is 32.8 Å². The van der Waals surface area contributed by atoms with E-state index in [1.54, 1.807) is 11.3 Å². The molecule has 0 saturated carbocycles. The van der Waals surface area contributed by atoms with Crippen LogP contribution in [0.4, 0.5) is 0 Å². The van der Waals surface area contributed by atoms with Crippen LogP contribution in [0, 0.1) is 6.92 Å². The van der Waals surface area contributed by atoms with Gasteiger partial charge < -0.3 is 9.64 Å². The molecule has 0 aliphatic carbocycles. The summed E-state index contributed by atoms with van der Waals surface area (Å²) in [6, 6.07) is 9.95. The van der Waals surface area contributed by atoms with Crippen molar-refractivity contribution in [2.75, 3.05) is 32.8 Å². The first-order valence-electron chi connectivity index (χ1n) is 7.91. The van der Waals surface area contributed by atoms with Gasteiger partial charge in [-0.2, -0.15) is 11.3 Å². The minimum Gasteiger partial charge on any atom is -0.484 e. The van der Waals surface area contributed by atoms with E-state index >= 15 is 0 Å². The minimum atomic E-state index is 0.0701. The van der Waals surface area contributed by atoms with Crippen molar-refractivity contribution >= 4 is 17.2 Å². The molecule has 0 bridgehead atoms. The van der Waals surface area contributed by atoms with Crippen molar-refractivity contribution in [3.63, 3.8) is 0 Å². The number of ether oxygens (including phenoxy) is 1. The molecule has 1 saturated heterocycles. The van der Waals surface area contributed by atoms with Crippen molar-refractivity contribution in [2.24, 2.45) is 0 Å². The molecule has 23 heavy (non-hydrogen) atoms. The number of carbonyl (C=O) groups excluding carboxylic acids is 1. The Morgan fingerprint density at radius 2 is 1.87 bits per heavy atom. The van der Waals surface area contributed by atoms with Gasteiger partial charge in [0.25, 0.3) is 5.91 Å². The largest absolute Gasteiger partial charge is 0.484 e. The van der Waals surface area contributed by atoms with Crippen molar-refractivity contribution in [1.29, 1.82) is 0 Å². The van der Waals surface area contributed by atoms with Gasteiger partial charge in [0, 0.05) is 32.7 Å². The zero-order valence-corrected chi connectivity index (χ0v) is 14.2. The van der Waals surface area contributed by atoms with Crippen LogP contribution in [-0.2, 0) is 11.3 Å². The van der Waals surface area contributed by atoms with Gasteiger partial charge in [-0.05, 0) is 41.4 Å². The molecule has 0 radical (unpaired) electrons. The van der Waals surface area contributed by atoms with Gasteiger partial charge in [-0.15, -0.1) is 0 Å². The summed E-state index contributed by atoms with van der Waals surface area (Å²) in [5, 5.41) is 4.30. The fourth-order valence-electron chi connectivity index (χ4n) is 2.67. The van der Waals surface area contributed by atoms with E-state index in [-0.39, 0.29) is 12.5 Å². The molecule has 3 rings (SSSR count). The summed E-state index contributed by atoms with van der Waals surface area (Å²) in [4.78, 5) is 16.5. The van der Waals surface area contributed by atoms with Gasteiger partial charge in [-0.1, -0.05) is 17.7 Å². The summed E-state index contributed by atoms with van der Waals surface area (Å²) < 4.78 is 5.58. The normalized spacial score (nSPS) is 15.6. The van der Waals surface area contributed by atoms with E-state index in [1.165, 1.54) is 11.1 Å². The fraction of sp³-hybridized carbons (Fsp3) is 0.389. The van der Waals surface area contributed by atoms with E-state index < -0.39 is 0 Å². The Hall–Kier alpha value is -1.85. The fourth-order valence-corrected chi connectivity index (χ4v) is 3.33. The first-order valence-corrected chi connectivity index (χ1v) is 8.86. The molecule has 1 aliphatic heterocycles. The van der Waals surface area contributed by atoms with Gasteiger partial charge >= 0.3 is 0 Å². The number of hydrogen-bond donors (Lipinski definition) is 0. The van der Waals surface area contributed by atoms with Crippen LogP contribution in [-0.4, -0.2) is 48.5 Å². The molecule has 4 nitrogen and oxygen atoms in total. The zero-order chi connectivity index (χ0) is 16.1. The Morgan fingerprint density at radius 3 is 2.52 bits per heavy atom. The lowest BCUT2D eigenvalue weighted by molar-refractivity contribution is -0.135. The number of rotatable bonds is 5. The van der Waals surface area contributed by atoms with Crippen LogP contribution in [0.2, 0.25) is 0 Å². The molecule has 1 fully saturated rings. The van der Waals surface area contributed by atoms with E-state index in [1.807, 2.05) is 36.1 Å². The average molecular weight is 330 g/mol. The van der Waals surface area contributed by atoms with Gasteiger partial charge in [0.1, 0.15) is 5.75 Å². The van der Waals surface area contributed by atoms with E-state index in [4.69, 9.17) is 4.74 Å². The summed E-state index contributed by atoms with van der Waals surface area (Å²) in [5.41, 5.74) is 2.54. The number of carbonyl (C=O) groups is 1. The van der Waals surface area contributed by atoms with Crippen LogP contribution in [0.1, 0.15) is 11.1 Å². The first-order chi connectivity index (χ1) is 11.2. The van der Waals surface area contributed by atoms with Crippen LogP contribution < -0.4 is 4.74 Å². The Kier molecular flexibility index (Phi) is 5.31. The summed E-state index contributed by atoms with van der Waals surface area (Å²) >= 11 is 1.73. The lowest BCUT2D eigenvalue weighted by Gasteiger charge is -2.34. The Labute approximate surface area is 141 Å². The predicted molar refractivity (Wildman–Crippen MR) is 92.9 cm³/mol. The van der Waals surface area contributed by atoms with E-state index in [2.05, 4.69) is 21.7 Å². The van der Waals surface area contributed by atoms with Crippen LogP contribution in [0.5, 0.6) is 5.75 Å². The molecule has 122 valence electrons. The maximum atomic E-state index is 12.2. The van der Waals surface area contributed by atoms with Crippen molar-refractivity contribution in [3.8, 4) is 5.75 Å². The molecule has 0 atom stereocenters. The summed E-state index contributed by atoms with van der Waals surface area (Å²) in [5.74, 6) is 0.820. The molecule has 0 spiro atoms. The molecule has 0 unspecified atom stereocenters. The van der Waals surface area contributed by atoms with E-state index in [0.717, 1.165) is 38.5 Å². The molecule has 1 aliphatic rings. The monoisotopic (exact) mass is 330 g/mol. The molecule has 2 heterocycles. The highest BCUT2D eigenvalue weighted by Crippen LogP contribution is 2.13. The Bertz CT molecular complexity index is 617. The first kappa shape index (κ1) is 16.0. The standard InChI is InChI=1S/C18H22N2O2S/c1-15-2-4-17(5-3-15)22-13-18(21)20-9-7-19(8-10-20)12-16-6-11-23-14-16/h2-6,11,14H,7-10,12-13H2,1H3. The third-order valence-corrected chi connectivity index (χ3v) is 4.83. The lowest BCUT2D eigenvalue weighted by Crippen LogP contribution is -2.49. The van der Waals surface area contributed by atoms with E-state index in [9.17, 15) is 4.79 Å². The summed E-state index contributed by atoms with van der Waals surface area (Å²) in [6.45, 7) is 6.53. The van der Waals surface area contributed by atoms with Crippen LogP contribution in [0.25, 0.3) is 0 Å². The van der Waals surface area contributed by atoms with E-state index in [0.29, 0.717) is 0 Å². The predicted octanol–water partition coefficient (Wildman–Crippen LogP) is 2.78. The number of hydrogen-bond acceptors (Lipinski definition) is 4. The summed E-state index contributed by atoms with van der Waals surface area (Å²) in [6.07, 6.45) is 0. The Morgan fingerprint density at radius 1 is 1.13 bits per heavy atom. The van der Waals surface area contributed by atoms with Crippen LogP contribution >= 0.6 is 11.3 Å². The Balaban J connectivity index is 1.42. The van der Waals surface area contributed by atoms with Crippen molar-refractivity contribution in [3.05, 3.63) is 52.2 Å². The van der Waals surface area contributed by atoms with Gasteiger partial charge in [0.15, 0.2) is 6.61 Å². The molecule has 5 heteroatoms. The van der Waals surface area contributed by atoms with Crippen molar-refractivity contribution < 1.29 is 9.53 Å². The number of benzene rings is 1. The average Bonchev–Trinajstić information content (AvgIpc) is 3.08. The number of nitrogens with zero attached hydrogens (tertiary/aromatic N) is 2. The van der Waals surface area contributed by atoms with Crippen LogP contribution in [0.15, 0.2) is 41.1 Å². The SMILES string of the molecule is Cc1ccc(OCC(=O)N2CCN(Cc3ccsc3)CC2)cc1. The number of piperazine rings is 1. The number of aryl methyl sites for hydroxylation is 1. The smallest absolute Gasteiger partial charge is 0.260 e.